The Hall–Kier alpha value is -1.76. The van der Waals surface area contributed by atoms with Gasteiger partial charge in [-0.3, -0.25) is 0 Å². The van der Waals surface area contributed by atoms with Crippen LogP contribution in [0.2, 0.25) is 0 Å². The molecule has 17 heavy (non-hydrogen) atoms. The summed E-state index contributed by atoms with van der Waals surface area (Å²) in [4.78, 5) is 11.7. The van der Waals surface area contributed by atoms with Gasteiger partial charge in [0.1, 0.15) is 5.82 Å². The van der Waals surface area contributed by atoms with Crippen LogP contribution in [0.15, 0.2) is 12.3 Å². The summed E-state index contributed by atoms with van der Waals surface area (Å²) in [6, 6.07) is 1.83. The average Bonchev–Trinajstić information content (AvgIpc) is 2.75. The van der Waals surface area contributed by atoms with Crippen LogP contribution in [0.4, 0.5) is 11.8 Å². The molecule has 0 amide bonds. The predicted molar refractivity (Wildman–Crippen MR) is 68.3 cm³/mol. The number of nitrogens with zero attached hydrogens (tertiary/aromatic N) is 5. The molecule has 2 aromatic heterocycles. The van der Waals surface area contributed by atoms with Gasteiger partial charge in [-0.2, -0.15) is 4.98 Å². The molecule has 0 fully saturated rings. The fourth-order valence-electron chi connectivity index (χ4n) is 1.35. The van der Waals surface area contributed by atoms with E-state index < -0.39 is 0 Å². The van der Waals surface area contributed by atoms with Gasteiger partial charge in [-0.15, -0.1) is 5.10 Å². The van der Waals surface area contributed by atoms with E-state index in [0.717, 1.165) is 22.9 Å². The molecule has 0 aliphatic rings. The van der Waals surface area contributed by atoms with E-state index in [4.69, 9.17) is 0 Å². The van der Waals surface area contributed by atoms with E-state index in [1.807, 2.05) is 32.0 Å². The third-order valence-electron chi connectivity index (χ3n) is 2.37. The first-order chi connectivity index (χ1) is 8.20. The summed E-state index contributed by atoms with van der Waals surface area (Å²) < 4.78 is 3.91. The summed E-state index contributed by atoms with van der Waals surface area (Å²) in [6.07, 6.45) is 1.74. The Morgan fingerprint density at radius 3 is 2.94 bits per heavy atom. The topological polar surface area (TPSA) is 66.8 Å². The Bertz CT molecular complexity index is 497. The summed E-state index contributed by atoms with van der Waals surface area (Å²) in [5, 5.41) is 6.98. The lowest BCUT2D eigenvalue weighted by atomic mass is 10.4. The van der Waals surface area contributed by atoms with E-state index in [2.05, 4.69) is 24.9 Å². The Kier molecular flexibility index (Phi) is 3.48. The lowest BCUT2D eigenvalue weighted by Gasteiger charge is -2.16. The van der Waals surface area contributed by atoms with Crippen LogP contribution in [0, 0.1) is 6.92 Å². The highest BCUT2D eigenvalue weighted by atomic mass is 32.1. The second kappa shape index (κ2) is 5.05. The van der Waals surface area contributed by atoms with Crippen molar-refractivity contribution in [2.45, 2.75) is 13.5 Å². The fourth-order valence-corrected chi connectivity index (χ4v) is 2.04. The molecule has 7 heteroatoms. The van der Waals surface area contributed by atoms with Crippen molar-refractivity contribution in [1.82, 2.24) is 19.6 Å². The fraction of sp³-hybridized carbons (Fsp3) is 0.400. The molecule has 2 aromatic rings. The van der Waals surface area contributed by atoms with Crippen LogP contribution in [0.5, 0.6) is 0 Å². The van der Waals surface area contributed by atoms with E-state index in [0.29, 0.717) is 5.95 Å². The normalized spacial score (nSPS) is 10.3. The highest BCUT2D eigenvalue weighted by Gasteiger charge is 2.10. The first kappa shape index (κ1) is 11.7. The Morgan fingerprint density at radius 1 is 1.47 bits per heavy atom. The van der Waals surface area contributed by atoms with Crippen molar-refractivity contribution in [3.8, 4) is 0 Å². The first-order valence-corrected chi connectivity index (χ1v) is 5.98. The molecular formula is C10H14N6S. The maximum Gasteiger partial charge on any atom is 0.227 e. The van der Waals surface area contributed by atoms with Crippen molar-refractivity contribution < 1.29 is 0 Å². The van der Waals surface area contributed by atoms with Crippen molar-refractivity contribution in [3.63, 3.8) is 0 Å². The number of anilines is 2. The Labute approximate surface area is 104 Å². The van der Waals surface area contributed by atoms with Crippen molar-refractivity contribution in [2.75, 3.05) is 24.3 Å². The number of rotatable bonds is 4. The predicted octanol–water partition coefficient (Wildman–Crippen LogP) is 1.31. The second-order valence-corrected chi connectivity index (χ2v) is 4.47. The molecule has 0 aromatic carbocycles. The summed E-state index contributed by atoms with van der Waals surface area (Å²) in [5.41, 5.74) is 0.964. The number of aryl methyl sites for hydroxylation is 1. The molecule has 0 bridgehead atoms. The third-order valence-corrected chi connectivity index (χ3v) is 3.17. The third kappa shape index (κ3) is 2.68. The molecule has 0 saturated heterocycles. The molecule has 0 aliphatic heterocycles. The lowest BCUT2D eigenvalue weighted by molar-refractivity contribution is 0.869. The molecule has 0 aliphatic carbocycles. The number of aromatic nitrogens is 4. The zero-order valence-corrected chi connectivity index (χ0v) is 10.8. The van der Waals surface area contributed by atoms with Gasteiger partial charge >= 0.3 is 0 Å². The zero-order chi connectivity index (χ0) is 12.3. The minimum Gasteiger partial charge on any atom is -0.373 e. The average molecular weight is 250 g/mol. The Balaban J connectivity index is 2.14. The van der Waals surface area contributed by atoms with Gasteiger partial charge in [0.2, 0.25) is 5.95 Å². The van der Waals surface area contributed by atoms with Crippen molar-refractivity contribution in [2.24, 2.45) is 0 Å². The molecule has 1 N–H and O–H groups in total. The van der Waals surface area contributed by atoms with E-state index in [-0.39, 0.29) is 0 Å². The summed E-state index contributed by atoms with van der Waals surface area (Å²) in [5.74, 6) is 1.49. The van der Waals surface area contributed by atoms with Crippen molar-refractivity contribution in [3.05, 3.63) is 22.8 Å². The van der Waals surface area contributed by atoms with Crippen LogP contribution in [0.25, 0.3) is 0 Å². The van der Waals surface area contributed by atoms with Gasteiger partial charge in [0.25, 0.3) is 0 Å². The van der Waals surface area contributed by atoms with Crippen LogP contribution in [0.1, 0.15) is 10.6 Å². The molecule has 0 unspecified atom stereocenters. The molecule has 90 valence electrons. The minimum absolute atomic E-state index is 0.685. The van der Waals surface area contributed by atoms with Gasteiger partial charge in [-0.1, -0.05) is 4.49 Å². The van der Waals surface area contributed by atoms with Crippen LogP contribution in [0.3, 0.4) is 0 Å². The van der Waals surface area contributed by atoms with Gasteiger partial charge in [0.15, 0.2) is 0 Å². The van der Waals surface area contributed by atoms with Gasteiger partial charge in [-0.05, 0) is 24.5 Å². The maximum atomic E-state index is 4.37. The molecule has 0 atom stereocenters. The van der Waals surface area contributed by atoms with Crippen LogP contribution >= 0.6 is 11.5 Å². The zero-order valence-electron chi connectivity index (χ0n) is 10.0. The summed E-state index contributed by atoms with van der Waals surface area (Å²) >= 11 is 1.41. The Morgan fingerprint density at radius 2 is 2.29 bits per heavy atom. The van der Waals surface area contributed by atoms with Crippen LogP contribution < -0.4 is 10.2 Å². The van der Waals surface area contributed by atoms with E-state index in [1.165, 1.54) is 11.5 Å². The number of hydrogen-bond donors (Lipinski definition) is 1. The molecular weight excluding hydrogens is 236 g/mol. The molecule has 2 rings (SSSR count). The molecule has 2 heterocycles. The van der Waals surface area contributed by atoms with Gasteiger partial charge in [0.05, 0.1) is 17.1 Å². The first-order valence-electron chi connectivity index (χ1n) is 5.20. The second-order valence-electron chi connectivity index (χ2n) is 3.63. The smallest absolute Gasteiger partial charge is 0.227 e. The van der Waals surface area contributed by atoms with Crippen molar-refractivity contribution >= 4 is 23.3 Å². The number of hydrogen-bond acceptors (Lipinski definition) is 7. The molecule has 6 nitrogen and oxygen atoms in total. The molecule has 0 spiro atoms. The van der Waals surface area contributed by atoms with Crippen molar-refractivity contribution in [1.29, 1.82) is 0 Å². The molecule has 0 radical (unpaired) electrons. The largest absolute Gasteiger partial charge is 0.373 e. The minimum atomic E-state index is 0.685. The van der Waals surface area contributed by atoms with Crippen LogP contribution in [-0.2, 0) is 6.54 Å². The van der Waals surface area contributed by atoms with Gasteiger partial charge in [0, 0.05) is 20.3 Å². The summed E-state index contributed by atoms with van der Waals surface area (Å²) in [7, 11) is 3.79. The standard InChI is InChI=1S/C10H14N6S/c1-7-8(17-15-14-7)6-16(3)10-12-5-4-9(11-2)13-10/h4-5H,6H2,1-3H3,(H,11,12,13). The summed E-state index contributed by atoms with van der Waals surface area (Å²) in [6.45, 7) is 2.67. The van der Waals surface area contributed by atoms with Crippen LogP contribution in [-0.4, -0.2) is 33.7 Å². The highest BCUT2D eigenvalue weighted by Crippen LogP contribution is 2.15. The lowest BCUT2D eigenvalue weighted by Crippen LogP contribution is -2.19. The van der Waals surface area contributed by atoms with Gasteiger partial charge in [-0.25, -0.2) is 4.98 Å². The monoisotopic (exact) mass is 250 g/mol. The number of nitrogens with one attached hydrogen (secondary N) is 1. The molecule has 0 saturated carbocycles. The van der Waals surface area contributed by atoms with Gasteiger partial charge < -0.3 is 10.2 Å². The highest BCUT2D eigenvalue weighted by molar-refractivity contribution is 7.05. The van der Waals surface area contributed by atoms with E-state index in [1.54, 1.807) is 6.20 Å². The SMILES string of the molecule is CNc1ccnc(N(C)Cc2snnc2C)n1. The quantitative estimate of drug-likeness (QED) is 0.882. The van der Waals surface area contributed by atoms with E-state index in [9.17, 15) is 0 Å². The van der Waals surface area contributed by atoms with E-state index >= 15 is 0 Å². The maximum absolute atomic E-state index is 4.37.